The van der Waals surface area contributed by atoms with E-state index >= 15 is 0 Å². The topological polar surface area (TPSA) is 42.3 Å². The molecule has 1 saturated heterocycles. The van der Waals surface area contributed by atoms with E-state index in [1.54, 1.807) is 0 Å². The minimum absolute atomic E-state index is 0.129. The fourth-order valence-corrected chi connectivity index (χ4v) is 5.91. The van der Waals surface area contributed by atoms with Crippen LogP contribution in [0.3, 0.4) is 0 Å². The minimum atomic E-state index is -0.140. The molecule has 0 aliphatic carbocycles. The highest BCUT2D eigenvalue weighted by atomic mass is 35.5. The standard InChI is InChI=1S/C32H27ClN4OS/c1-21-20-26(22(2)36(21)29-14-7-6-12-27(29)33)31-30(28-13-8-9-19-34-28)35-32(39)37(31)23-15-17-25(18-16-23)38-24-10-4-3-5-11-24/h3-20,30-31H,1-2H3,(H,35,39)/t30-,31-/m0/s1. The van der Waals surface area contributed by atoms with Crippen molar-refractivity contribution in [1.29, 1.82) is 0 Å². The summed E-state index contributed by atoms with van der Waals surface area (Å²) >= 11 is 12.6. The first kappa shape index (κ1) is 25.2. The zero-order valence-electron chi connectivity index (χ0n) is 21.6. The van der Waals surface area contributed by atoms with Crippen LogP contribution < -0.4 is 15.0 Å². The molecule has 1 fully saturated rings. The van der Waals surface area contributed by atoms with E-state index in [1.165, 1.54) is 0 Å². The third-order valence-electron chi connectivity index (χ3n) is 7.07. The number of aromatic nitrogens is 2. The van der Waals surface area contributed by atoms with Crippen LogP contribution in [0.5, 0.6) is 11.5 Å². The van der Waals surface area contributed by atoms with Crippen LogP contribution in [0.1, 0.15) is 34.7 Å². The summed E-state index contributed by atoms with van der Waals surface area (Å²) in [6, 6.07) is 33.7. The second-order valence-corrected chi connectivity index (χ2v) is 10.3. The van der Waals surface area contributed by atoms with Gasteiger partial charge in [-0.15, -0.1) is 0 Å². The van der Waals surface area contributed by atoms with E-state index < -0.39 is 0 Å². The van der Waals surface area contributed by atoms with Crippen molar-refractivity contribution in [2.45, 2.75) is 25.9 Å². The van der Waals surface area contributed by atoms with Crippen molar-refractivity contribution in [3.63, 3.8) is 0 Å². The maximum atomic E-state index is 6.63. The Morgan fingerprint density at radius 2 is 1.54 bits per heavy atom. The normalized spacial score (nSPS) is 16.8. The Hall–Kier alpha value is -4.13. The summed E-state index contributed by atoms with van der Waals surface area (Å²) in [5.74, 6) is 1.56. The molecule has 0 radical (unpaired) electrons. The number of nitrogens with one attached hydrogen (secondary N) is 1. The first-order valence-electron chi connectivity index (χ1n) is 12.8. The molecule has 0 saturated carbocycles. The molecule has 0 spiro atoms. The number of nitrogens with zero attached hydrogens (tertiary/aromatic N) is 3. The van der Waals surface area contributed by atoms with E-state index in [2.05, 4.69) is 34.7 Å². The average molecular weight is 551 g/mol. The molecule has 3 heterocycles. The number of anilines is 1. The Bertz CT molecular complexity index is 1620. The Morgan fingerprint density at radius 3 is 2.26 bits per heavy atom. The number of pyridine rings is 1. The van der Waals surface area contributed by atoms with Crippen molar-refractivity contribution in [3.05, 3.63) is 137 Å². The fraction of sp³-hybridized carbons (Fsp3) is 0.125. The molecule has 194 valence electrons. The summed E-state index contributed by atoms with van der Waals surface area (Å²) in [6.07, 6.45) is 1.82. The van der Waals surface area contributed by atoms with Crippen LogP contribution in [0, 0.1) is 13.8 Å². The lowest BCUT2D eigenvalue weighted by Gasteiger charge is -2.28. The number of halogens is 1. The SMILES string of the molecule is Cc1cc([C@H]2[C@H](c3ccccn3)NC(=S)N2c2ccc(Oc3ccccc3)cc2)c(C)n1-c1ccccc1Cl. The molecule has 0 unspecified atom stereocenters. The number of hydrogen-bond donors (Lipinski definition) is 1. The first-order valence-corrected chi connectivity index (χ1v) is 13.6. The highest BCUT2D eigenvalue weighted by molar-refractivity contribution is 7.80. The average Bonchev–Trinajstić information content (AvgIpc) is 3.45. The lowest BCUT2D eigenvalue weighted by Crippen LogP contribution is -2.29. The molecule has 1 N–H and O–H groups in total. The predicted molar refractivity (Wildman–Crippen MR) is 161 cm³/mol. The smallest absolute Gasteiger partial charge is 0.174 e. The van der Waals surface area contributed by atoms with Gasteiger partial charge < -0.3 is 19.5 Å². The highest BCUT2D eigenvalue weighted by Crippen LogP contribution is 2.44. The lowest BCUT2D eigenvalue weighted by atomic mass is 9.96. The number of benzene rings is 3. The molecule has 5 aromatic rings. The Kier molecular flexibility index (Phi) is 6.81. The Morgan fingerprint density at radius 1 is 0.846 bits per heavy atom. The summed E-state index contributed by atoms with van der Waals surface area (Å²) in [7, 11) is 0. The molecule has 0 bridgehead atoms. The number of hydrogen-bond acceptors (Lipinski definition) is 3. The van der Waals surface area contributed by atoms with Gasteiger partial charge in [0.2, 0.25) is 0 Å². The molecule has 2 aromatic heterocycles. The molecule has 5 nitrogen and oxygen atoms in total. The van der Waals surface area contributed by atoms with E-state index in [4.69, 9.17) is 33.5 Å². The van der Waals surface area contributed by atoms with Gasteiger partial charge in [-0.05, 0) is 98.4 Å². The number of para-hydroxylation sites is 2. The van der Waals surface area contributed by atoms with Gasteiger partial charge in [0.25, 0.3) is 0 Å². The van der Waals surface area contributed by atoms with Crippen LogP contribution in [0.25, 0.3) is 5.69 Å². The van der Waals surface area contributed by atoms with Gasteiger partial charge in [-0.2, -0.15) is 0 Å². The van der Waals surface area contributed by atoms with Crippen molar-refractivity contribution >= 4 is 34.6 Å². The van der Waals surface area contributed by atoms with Crippen LogP contribution >= 0.6 is 23.8 Å². The van der Waals surface area contributed by atoms with Crippen molar-refractivity contribution < 1.29 is 4.74 Å². The van der Waals surface area contributed by atoms with Crippen LogP contribution in [0.2, 0.25) is 5.02 Å². The van der Waals surface area contributed by atoms with Gasteiger partial charge in [0.15, 0.2) is 5.11 Å². The van der Waals surface area contributed by atoms with Gasteiger partial charge in [-0.3, -0.25) is 4.98 Å². The van der Waals surface area contributed by atoms with E-state index in [1.807, 2.05) is 103 Å². The second-order valence-electron chi connectivity index (χ2n) is 9.52. The molecule has 0 amide bonds. The van der Waals surface area contributed by atoms with E-state index in [0.29, 0.717) is 10.1 Å². The third-order valence-corrected chi connectivity index (χ3v) is 7.71. The summed E-state index contributed by atoms with van der Waals surface area (Å²) in [5, 5.41) is 4.91. The van der Waals surface area contributed by atoms with Crippen molar-refractivity contribution in [2.75, 3.05) is 4.90 Å². The number of thiocarbonyl (C=S) groups is 1. The number of aryl methyl sites for hydroxylation is 1. The highest BCUT2D eigenvalue weighted by Gasteiger charge is 2.42. The molecule has 3 aromatic carbocycles. The van der Waals surface area contributed by atoms with Gasteiger partial charge >= 0.3 is 0 Å². The number of rotatable bonds is 6. The van der Waals surface area contributed by atoms with Crippen molar-refractivity contribution in [3.8, 4) is 17.2 Å². The van der Waals surface area contributed by atoms with Gasteiger partial charge in [0, 0.05) is 23.3 Å². The van der Waals surface area contributed by atoms with E-state index in [9.17, 15) is 0 Å². The van der Waals surface area contributed by atoms with Crippen LogP contribution in [0.15, 0.2) is 109 Å². The first-order chi connectivity index (χ1) is 19.0. The lowest BCUT2D eigenvalue weighted by molar-refractivity contribution is 0.482. The molecule has 39 heavy (non-hydrogen) atoms. The van der Waals surface area contributed by atoms with Gasteiger partial charge in [-0.1, -0.05) is 48.0 Å². The predicted octanol–water partition coefficient (Wildman–Crippen LogP) is 8.11. The van der Waals surface area contributed by atoms with E-state index in [-0.39, 0.29) is 12.1 Å². The largest absolute Gasteiger partial charge is 0.457 e. The van der Waals surface area contributed by atoms with Gasteiger partial charge in [-0.25, -0.2) is 0 Å². The summed E-state index contributed by atoms with van der Waals surface area (Å²) in [6.45, 7) is 4.24. The zero-order valence-corrected chi connectivity index (χ0v) is 23.2. The van der Waals surface area contributed by atoms with Gasteiger partial charge in [0.1, 0.15) is 11.5 Å². The summed E-state index contributed by atoms with van der Waals surface area (Å²) in [5.41, 5.74) is 6.21. The maximum absolute atomic E-state index is 6.63. The molecule has 7 heteroatoms. The molecule has 1 aliphatic heterocycles. The molecule has 2 atom stereocenters. The molecular weight excluding hydrogens is 524 g/mol. The summed E-state index contributed by atoms with van der Waals surface area (Å²) in [4.78, 5) is 6.87. The molecule has 6 rings (SSSR count). The fourth-order valence-electron chi connectivity index (χ4n) is 5.34. The van der Waals surface area contributed by atoms with Crippen molar-refractivity contribution in [1.82, 2.24) is 14.9 Å². The Labute approximate surface area is 238 Å². The van der Waals surface area contributed by atoms with E-state index in [0.717, 1.165) is 45.5 Å². The zero-order chi connectivity index (χ0) is 26.9. The summed E-state index contributed by atoms with van der Waals surface area (Å²) < 4.78 is 8.24. The second kappa shape index (κ2) is 10.6. The van der Waals surface area contributed by atoms with Gasteiger partial charge in [0.05, 0.1) is 28.5 Å². The van der Waals surface area contributed by atoms with Crippen molar-refractivity contribution in [2.24, 2.45) is 0 Å². The monoisotopic (exact) mass is 550 g/mol. The number of ether oxygens (including phenoxy) is 1. The minimum Gasteiger partial charge on any atom is -0.457 e. The third kappa shape index (κ3) is 4.78. The van der Waals surface area contributed by atoms with Crippen LogP contribution in [-0.4, -0.2) is 14.7 Å². The quantitative estimate of drug-likeness (QED) is 0.216. The molecular formula is C32H27ClN4OS. The maximum Gasteiger partial charge on any atom is 0.174 e. The van der Waals surface area contributed by atoms with Crippen LogP contribution in [0.4, 0.5) is 5.69 Å². The van der Waals surface area contributed by atoms with Crippen LogP contribution in [-0.2, 0) is 0 Å². The molecule has 1 aliphatic rings. The Balaban J connectivity index is 1.43.